The summed E-state index contributed by atoms with van der Waals surface area (Å²) in [5.41, 5.74) is 0.826. The lowest BCUT2D eigenvalue weighted by atomic mass is 9.97. The van der Waals surface area contributed by atoms with Gasteiger partial charge >= 0.3 is 0 Å². The van der Waals surface area contributed by atoms with Crippen molar-refractivity contribution in [2.45, 2.75) is 65.0 Å². The van der Waals surface area contributed by atoms with E-state index in [9.17, 15) is 8.78 Å². The summed E-state index contributed by atoms with van der Waals surface area (Å²) in [5.74, 6) is 2.05. The quantitative estimate of drug-likeness (QED) is 0.202. The molecule has 1 aliphatic carbocycles. The summed E-state index contributed by atoms with van der Waals surface area (Å²) < 4.78 is 26.2. The van der Waals surface area contributed by atoms with E-state index >= 15 is 0 Å². The van der Waals surface area contributed by atoms with Crippen LogP contribution in [0.5, 0.6) is 0 Å². The molecule has 0 amide bonds. The summed E-state index contributed by atoms with van der Waals surface area (Å²) in [6.07, 6.45) is 12.8. The number of hydrogen-bond acceptors (Lipinski definition) is 4. The summed E-state index contributed by atoms with van der Waals surface area (Å²) in [7, 11) is 3.47. The number of allylic oxidation sites excluding steroid dienone is 3. The third-order valence-electron chi connectivity index (χ3n) is 5.98. The molecule has 2 unspecified atom stereocenters. The Labute approximate surface area is 201 Å². The fraction of sp³-hybridized carbons (Fsp3) is 0.680. The van der Waals surface area contributed by atoms with Crippen LogP contribution in [-0.2, 0) is 0 Å². The highest BCUT2D eigenvalue weighted by atomic mass is 31.0. The van der Waals surface area contributed by atoms with E-state index in [0.29, 0.717) is 11.8 Å². The molecule has 188 valence electrons. The molecule has 33 heavy (non-hydrogen) atoms. The molecule has 2 aliphatic heterocycles. The number of likely N-dealkylation sites (tertiary alicyclic amines) is 1. The van der Waals surface area contributed by atoms with Crippen LogP contribution in [0.3, 0.4) is 0 Å². The summed E-state index contributed by atoms with van der Waals surface area (Å²) in [4.78, 5) is 11.9. The molecule has 0 aromatic carbocycles. The van der Waals surface area contributed by atoms with Gasteiger partial charge in [-0.3, -0.25) is 9.98 Å². The number of aliphatic imine (C=N–C) groups is 2. The van der Waals surface area contributed by atoms with Gasteiger partial charge in [-0.25, -0.2) is 8.78 Å². The van der Waals surface area contributed by atoms with Crippen LogP contribution in [0.15, 0.2) is 45.1 Å². The molecule has 0 radical (unpaired) electrons. The van der Waals surface area contributed by atoms with Crippen LogP contribution in [0.4, 0.5) is 8.78 Å². The predicted octanol–water partition coefficient (Wildman–Crippen LogP) is 6.00. The zero-order valence-electron chi connectivity index (χ0n) is 20.9. The van der Waals surface area contributed by atoms with Crippen LogP contribution >= 0.6 is 9.24 Å². The fourth-order valence-electron chi connectivity index (χ4n) is 4.18. The van der Waals surface area contributed by atoms with Crippen LogP contribution in [-0.4, -0.2) is 55.8 Å². The number of nitrogens with zero attached hydrogens (tertiary/aromatic N) is 3. The lowest BCUT2D eigenvalue weighted by Crippen LogP contribution is -2.31. The lowest BCUT2D eigenvalue weighted by molar-refractivity contribution is 0.108. The Morgan fingerprint density at radius 3 is 2.52 bits per heavy atom. The SMILES string of the molecule is C/C=C(\C=C/CC(F)(F)P)C1CCN(C(=NC)C2=C(N=CC3CC3)CCNCC2)C1.CC.N. The van der Waals surface area contributed by atoms with Crippen molar-refractivity contribution < 1.29 is 8.78 Å². The first-order chi connectivity index (χ1) is 15.4. The minimum atomic E-state index is -2.74. The molecular formula is C25H44F2N5P. The third kappa shape index (κ3) is 9.76. The van der Waals surface area contributed by atoms with Crippen molar-refractivity contribution >= 4 is 21.3 Å². The van der Waals surface area contributed by atoms with E-state index in [1.54, 1.807) is 15.3 Å². The Morgan fingerprint density at radius 1 is 1.21 bits per heavy atom. The Hall–Kier alpha value is -1.43. The molecule has 1 saturated heterocycles. The molecule has 0 aromatic heterocycles. The second-order valence-electron chi connectivity index (χ2n) is 8.43. The molecule has 8 heteroatoms. The van der Waals surface area contributed by atoms with Gasteiger partial charge in [-0.05, 0) is 50.6 Å². The zero-order chi connectivity index (χ0) is 23.6. The predicted molar refractivity (Wildman–Crippen MR) is 142 cm³/mol. The summed E-state index contributed by atoms with van der Waals surface area (Å²) >= 11 is 0. The van der Waals surface area contributed by atoms with E-state index < -0.39 is 5.66 Å². The Balaban J connectivity index is 0.00000177. The van der Waals surface area contributed by atoms with Crippen LogP contribution < -0.4 is 11.5 Å². The molecule has 2 fully saturated rings. The van der Waals surface area contributed by atoms with Gasteiger partial charge in [0.1, 0.15) is 5.84 Å². The van der Waals surface area contributed by atoms with Crippen LogP contribution in [0, 0.1) is 11.8 Å². The standard InChI is InChI=1S/C23H35F2N4P.C2H6.H3N/c1-3-18(5-4-11-23(24,25)30)19-10-14-29(16-19)22(26-2)20-8-12-27-13-9-21(20)28-15-17-6-7-17;1-2;/h3-5,15,17,19,27H,6-14,16,30H2,1-2H3;1-2H3;1H3/b5-4-,18-3+,26-22?,28-15?;;. The van der Waals surface area contributed by atoms with Crippen molar-refractivity contribution in [3.63, 3.8) is 0 Å². The van der Waals surface area contributed by atoms with E-state index in [0.717, 1.165) is 56.9 Å². The van der Waals surface area contributed by atoms with E-state index in [2.05, 4.69) is 27.5 Å². The van der Waals surface area contributed by atoms with Gasteiger partial charge in [-0.15, -0.1) is 0 Å². The Kier molecular flexibility index (Phi) is 13.2. The molecule has 3 rings (SSSR count). The van der Waals surface area contributed by atoms with Gasteiger partial charge in [0, 0.05) is 62.9 Å². The molecular weight excluding hydrogens is 439 g/mol. The number of amidine groups is 1. The number of alkyl halides is 2. The second-order valence-corrected chi connectivity index (χ2v) is 9.27. The highest BCUT2D eigenvalue weighted by Gasteiger charge is 2.29. The summed E-state index contributed by atoms with van der Waals surface area (Å²) in [5, 5.41) is 3.48. The van der Waals surface area contributed by atoms with E-state index in [1.165, 1.54) is 24.1 Å². The summed E-state index contributed by atoms with van der Waals surface area (Å²) in [6, 6.07) is 0. The van der Waals surface area contributed by atoms with Crippen LogP contribution in [0.1, 0.15) is 59.3 Å². The normalized spacial score (nSPS) is 23.0. The number of nitrogens with one attached hydrogen (secondary N) is 1. The van der Waals surface area contributed by atoms with Crippen LogP contribution in [0.25, 0.3) is 0 Å². The van der Waals surface area contributed by atoms with E-state index in [4.69, 9.17) is 4.99 Å². The highest BCUT2D eigenvalue weighted by Crippen LogP contribution is 2.31. The van der Waals surface area contributed by atoms with Gasteiger partial charge < -0.3 is 16.4 Å². The monoisotopic (exact) mass is 483 g/mol. The molecule has 4 N–H and O–H groups in total. The Morgan fingerprint density at radius 2 is 1.91 bits per heavy atom. The average molecular weight is 484 g/mol. The molecule has 0 spiro atoms. The minimum absolute atomic E-state index is 0. The highest BCUT2D eigenvalue weighted by molar-refractivity contribution is 7.18. The zero-order valence-corrected chi connectivity index (χ0v) is 22.1. The van der Waals surface area contributed by atoms with Crippen molar-refractivity contribution in [2.75, 3.05) is 33.2 Å². The van der Waals surface area contributed by atoms with Gasteiger partial charge in [0.05, 0.1) is 0 Å². The molecule has 5 nitrogen and oxygen atoms in total. The first kappa shape index (κ1) is 29.6. The molecule has 2 atom stereocenters. The summed E-state index contributed by atoms with van der Waals surface area (Å²) in [6.45, 7) is 9.68. The molecule has 3 aliphatic rings. The van der Waals surface area contributed by atoms with Gasteiger partial charge in [0.2, 0.25) is 0 Å². The molecule has 1 saturated carbocycles. The van der Waals surface area contributed by atoms with Crippen LogP contribution in [0.2, 0.25) is 0 Å². The number of rotatable bonds is 7. The second kappa shape index (κ2) is 14.7. The molecule has 2 heterocycles. The van der Waals surface area contributed by atoms with Crippen molar-refractivity contribution in [2.24, 2.45) is 21.8 Å². The minimum Gasteiger partial charge on any atom is -0.356 e. The third-order valence-corrected chi connectivity index (χ3v) is 6.21. The number of halogens is 2. The topological polar surface area (TPSA) is 75.0 Å². The van der Waals surface area contributed by atoms with Crippen molar-refractivity contribution in [1.82, 2.24) is 16.4 Å². The van der Waals surface area contributed by atoms with Gasteiger partial charge in [-0.1, -0.05) is 41.3 Å². The largest absolute Gasteiger partial charge is 0.356 e. The molecule has 0 aromatic rings. The smallest absolute Gasteiger partial charge is 0.262 e. The molecule has 0 bridgehead atoms. The van der Waals surface area contributed by atoms with E-state index in [-0.39, 0.29) is 12.6 Å². The maximum Gasteiger partial charge on any atom is 0.262 e. The Bertz CT molecular complexity index is 748. The number of hydrogen-bond donors (Lipinski definition) is 2. The van der Waals surface area contributed by atoms with Gasteiger partial charge in [0.15, 0.2) is 0 Å². The average Bonchev–Trinajstić information content (AvgIpc) is 3.53. The van der Waals surface area contributed by atoms with Crippen molar-refractivity contribution in [3.05, 3.63) is 35.1 Å². The first-order valence-corrected chi connectivity index (χ1v) is 12.7. The first-order valence-electron chi connectivity index (χ1n) is 12.1. The maximum atomic E-state index is 13.1. The fourth-order valence-corrected chi connectivity index (χ4v) is 4.31. The van der Waals surface area contributed by atoms with E-state index in [1.807, 2.05) is 33.9 Å². The van der Waals surface area contributed by atoms with Gasteiger partial charge in [-0.2, -0.15) is 0 Å². The van der Waals surface area contributed by atoms with Crippen molar-refractivity contribution in [3.8, 4) is 0 Å². The lowest BCUT2D eigenvalue weighted by Gasteiger charge is -2.24. The van der Waals surface area contributed by atoms with Gasteiger partial charge in [0.25, 0.3) is 5.66 Å². The maximum absolute atomic E-state index is 13.1. The van der Waals surface area contributed by atoms with Crippen molar-refractivity contribution in [1.29, 1.82) is 0 Å².